The van der Waals surface area contributed by atoms with Gasteiger partial charge in [0.15, 0.2) is 0 Å². The molecule has 3 rings (SSSR count). The number of nitrogens with one attached hydrogen (secondary N) is 1. The van der Waals surface area contributed by atoms with Gasteiger partial charge < -0.3 is 10.1 Å². The lowest BCUT2D eigenvalue weighted by atomic mass is 10.1. The molecule has 0 aliphatic carbocycles. The van der Waals surface area contributed by atoms with Crippen molar-refractivity contribution in [2.75, 3.05) is 0 Å². The monoisotopic (exact) mass is 246 g/mol. The fourth-order valence-electron chi connectivity index (χ4n) is 1.90. The first-order valence-electron chi connectivity index (χ1n) is 4.96. The van der Waals surface area contributed by atoms with Gasteiger partial charge in [-0.3, -0.25) is 4.79 Å². The van der Waals surface area contributed by atoms with Gasteiger partial charge in [0.25, 0.3) is 5.56 Å². The predicted molar refractivity (Wildman–Crippen MR) is 66.5 cm³/mol. The number of phenols is 1. The summed E-state index contributed by atoms with van der Waals surface area (Å²) in [5, 5.41) is 11.7. The molecule has 0 aliphatic rings. The Hall–Kier alpha value is -2.07. The molecule has 0 unspecified atom stereocenters. The van der Waals surface area contributed by atoms with Gasteiger partial charge in [0.05, 0.1) is 10.4 Å². The Morgan fingerprint density at radius 3 is 2.88 bits per heavy atom. The lowest BCUT2D eigenvalue weighted by molar-refractivity contribution is 0.476. The third kappa shape index (κ3) is 1.45. The van der Waals surface area contributed by atoms with E-state index in [9.17, 15) is 9.90 Å². The second kappa shape index (κ2) is 3.46. The van der Waals surface area contributed by atoms with Gasteiger partial charge in [-0.2, -0.15) is 0 Å². The minimum Gasteiger partial charge on any atom is -0.508 e. The van der Waals surface area contributed by atoms with Gasteiger partial charge in [-0.05, 0) is 29.7 Å². The summed E-state index contributed by atoms with van der Waals surface area (Å²) in [6.07, 6.45) is 1.53. The van der Waals surface area contributed by atoms with Crippen molar-refractivity contribution >= 4 is 33.4 Å². The molecule has 5 heteroatoms. The molecule has 0 radical (unpaired) electrons. The second-order valence-electron chi connectivity index (χ2n) is 3.70. The molecular formula is C12H7ClN2O2. The molecule has 1 aromatic carbocycles. The number of benzene rings is 1. The standard InChI is InChI=1S/C12H7ClN2O2/c13-9-3-4-14-11-10(9)7-2-1-6(16)5-8(7)12(17)15-11/h1-5,16H,(H,14,15,17). The van der Waals surface area contributed by atoms with Crippen LogP contribution in [0.25, 0.3) is 21.8 Å². The fraction of sp³-hybridized carbons (Fsp3) is 0. The third-order valence-corrected chi connectivity index (χ3v) is 2.96. The van der Waals surface area contributed by atoms with E-state index in [0.29, 0.717) is 26.8 Å². The zero-order valence-corrected chi connectivity index (χ0v) is 9.32. The number of aromatic hydroxyl groups is 1. The molecule has 3 aromatic rings. The van der Waals surface area contributed by atoms with Crippen LogP contribution in [0.2, 0.25) is 5.02 Å². The molecular weight excluding hydrogens is 240 g/mol. The van der Waals surface area contributed by atoms with Crippen LogP contribution >= 0.6 is 11.6 Å². The molecule has 0 atom stereocenters. The summed E-state index contributed by atoms with van der Waals surface area (Å²) in [6.45, 7) is 0. The smallest absolute Gasteiger partial charge is 0.257 e. The van der Waals surface area contributed by atoms with Crippen LogP contribution in [0, 0.1) is 0 Å². The number of aromatic nitrogens is 2. The number of halogens is 1. The van der Waals surface area contributed by atoms with E-state index in [1.165, 1.54) is 18.3 Å². The topological polar surface area (TPSA) is 66.0 Å². The molecule has 0 saturated carbocycles. The van der Waals surface area contributed by atoms with E-state index in [-0.39, 0.29) is 11.3 Å². The van der Waals surface area contributed by atoms with Gasteiger partial charge in [0.2, 0.25) is 0 Å². The molecule has 84 valence electrons. The fourth-order valence-corrected chi connectivity index (χ4v) is 2.15. The first kappa shape index (κ1) is 10.1. The summed E-state index contributed by atoms with van der Waals surface area (Å²) in [5.41, 5.74) is 0.152. The van der Waals surface area contributed by atoms with Crippen molar-refractivity contribution in [2.24, 2.45) is 0 Å². The molecule has 17 heavy (non-hydrogen) atoms. The Morgan fingerprint density at radius 1 is 1.24 bits per heavy atom. The second-order valence-corrected chi connectivity index (χ2v) is 4.11. The van der Waals surface area contributed by atoms with Crippen molar-refractivity contribution in [3.8, 4) is 5.75 Å². The van der Waals surface area contributed by atoms with Crippen LogP contribution in [0.3, 0.4) is 0 Å². The van der Waals surface area contributed by atoms with Gasteiger partial charge >= 0.3 is 0 Å². The lowest BCUT2D eigenvalue weighted by Crippen LogP contribution is -2.07. The lowest BCUT2D eigenvalue weighted by Gasteiger charge is -2.04. The zero-order valence-electron chi connectivity index (χ0n) is 8.57. The zero-order chi connectivity index (χ0) is 12.0. The van der Waals surface area contributed by atoms with Gasteiger partial charge in [0, 0.05) is 11.6 Å². The highest BCUT2D eigenvalue weighted by atomic mass is 35.5. The number of hydrogen-bond donors (Lipinski definition) is 2. The predicted octanol–water partition coefficient (Wildman–Crippen LogP) is 2.44. The van der Waals surface area contributed by atoms with E-state index in [1.807, 2.05) is 0 Å². The van der Waals surface area contributed by atoms with Crippen molar-refractivity contribution in [2.45, 2.75) is 0 Å². The number of fused-ring (bicyclic) bond motifs is 3. The molecule has 2 N–H and O–H groups in total. The third-order valence-electron chi connectivity index (χ3n) is 2.65. The van der Waals surface area contributed by atoms with Crippen molar-refractivity contribution < 1.29 is 5.11 Å². The van der Waals surface area contributed by atoms with Gasteiger partial charge in [0.1, 0.15) is 11.4 Å². The minimum absolute atomic E-state index is 0.0439. The van der Waals surface area contributed by atoms with E-state index in [1.54, 1.807) is 12.1 Å². The average Bonchev–Trinajstić information content (AvgIpc) is 2.30. The number of phenolic OH excluding ortho intramolecular Hbond substituents is 1. The Labute approximate surface area is 100 Å². The Balaban J connectivity index is 2.68. The molecule has 0 spiro atoms. The number of H-pyrrole nitrogens is 1. The summed E-state index contributed by atoms with van der Waals surface area (Å²) >= 11 is 6.10. The highest BCUT2D eigenvalue weighted by Gasteiger charge is 2.09. The van der Waals surface area contributed by atoms with E-state index < -0.39 is 0 Å². The maximum atomic E-state index is 11.8. The number of aromatic amines is 1. The van der Waals surface area contributed by atoms with Gasteiger partial charge in [-0.1, -0.05) is 11.6 Å². The van der Waals surface area contributed by atoms with Crippen LogP contribution in [0.15, 0.2) is 35.3 Å². The van der Waals surface area contributed by atoms with E-state index in [0.717, 1.165) is 0 Å². The number of hydrogen-bond acceptors (Lipinski definition) is 3. The summed E-state index contributed by atoms with van der Waals surface area (Å²) in [4.78, 5) is 18.5. The van der Waals surface area contributed by atoms with Gasteiger partial charge in [-0.15, -0.1) is 0 Å². The number of nitrogens with zero attached hydrogens (tertiary/aromatic N) is 1. The van der Waals surface area contributed by atoms with Crippen molar-refractivity contribution in [3.05, 3.63) is 45.8 Å². The maximum Gasteiger partial charge on any atom is 0.257 e. The first-order valence-corrected chi connectivity index (χ1v) is 5.34. The Bertz CT molecular complexity index is 795. The molecule has 0 fully saturated rings. The molecule has 0 bridgehead atoms. The quantitative estimate of drug-likeness (QED) is 0.599. The summed E-state index contributed by atoms with van der Waals surface area (Å²) in [7, 11) is 0. The minimum atomic E-state index is -0.293. The number of pyridine rings is 2. The summed E-state index contributed by atoms with van der Waals surface area (Å²) < 4.78 is 0. The van der Waals surface area contributed by atoms with Crippen LogP contribution < -0.4 is 5.56 Å². The Kier molecular flexibility index (Phi) is 2.06. The highest BCUT2D eigenvalue weighted by molar-refractivity contribution is 6.37. The Morgan fingerprint density at radius 2 is 2.06 bits per heavy atom. The summed E-state index contributed by atoms with van der Waals surface area (Å²) in [6, 6.07) is 6.26. The maximum absolute atomic E-state index is 11.8. The van der Waals surface area contributed by atoms with E-state index >= 15 is 0 Å². The van der Waals surface area contributed by atoms with Crippen LogP contribution in [-0.4, -0.2) is 15.1 Å². The first-order chi connectivity index (χ1) is 8.16. The van der Waals surface area contributed by atoms with Crippen molar-refractivity contribution in [1.29, 1.82) is 0 Å². The van der Waals surface area contributed by atoms with Crippen LogP contribution in [0.5, 0.6) is 5.75 Å². The van der Waals surface area contributed by atoms with Crippen molar-refractivity contribution in [1.82, 2.24) is 9.97 Å². The average molecular weight is 247 g/mol. The molecule has 4 nitrogen and oxygen atoms in total. The van der Waals surface area contributed by atoms with Gasteiger partial charge in [-0.25, -0.2) is 4.98 Å². The van der Waals surface area contributed by atoms with Crippen LogP contribution in [-0.2, 0) is 0 Å². The van der Waals surface area contributed by atoms with Crippen molar-refractivity contribution in [3.63, 3.8) is 0 Å². The molecule has 2 heterocycles. The highest BCUT2D eigenvalue weighted by Crippen LogP contribution is 2.28. The SMILES string of the molecule is O=c1[nH]c2nccc(Cl)c2c2ccc(O)cc12. The normalized spacial score (nSPS) is 11.1. The molecule has 0 amide bonds. The molecule has 0 saturated heterocycles. The molecule has 2 aromatic heterocycles. The van der Waals surface area contributed by atoms with Crippen LogP contribution in [0.4, 0.5) is 0 Å². The largest absolute Gasteiger partial charge is 0.508 e. The summed E-state index contributed by atoms with van der Waals surface area (Å²) in [5.74, 6) is 0.0439. The van der Waals surface area contributed by atoms with E-state index in [2.05, 4.69) is 9.97 Å². The number of rotatable bonds is 0. The van der Waals surface area contributed by atoms with Crippen LogP contribution in [0.1, 0.15) is 0 Å². The molecule has 0 aliphatic heterocycles. The van der Waals surface area contributed by atoms with E-state index in [4.69, 9.17) is 11.6 Å².